The predicted octanol–water partition coefficient (Wildman–Crippen LogP) is 0.910. The zero-order chi connectivity index (χ0) is 20.4. The number of ether oxygens (including phenoxy) is 1. The lowest BCUT2D eigenvalue weighted by Crippen LogP contribution is -2.40. The molecule has 0 spiro atoms. The topological polar surface area (TPSA) is 91.8 Å². The van der Waals surface area contributed by atoms with Crippen LogP contribution < -0.4 is 10.2 Å². The molecule has 3 amide bonds. The van der Waals surface area contributed by atoms with E-state index in [2.05, 4.69) is 27.4 Å². The lowest BCUT2D eigenvalue weighted by molar-refractivity contribution is -0.142. The van der Waals surface area contributed by atoms with Gasteiger partial charge in [0.2, 0.25) is 17.7 Å². The van der Waals surface area contributed by atoms with Crippen LogP contribution >= 0.6 is 0 Å². The van der Waals surface area contributed by atoms with E-state index in [0.29, 0.717) is 49.6 Å². The summed E-state index contributed by atoms with van der Waals surface area (Å²) < 4.78 is 5.39. The Bertz CT molecular complexity index is 920. The van der Waals surface area contributed by atoms with E-state index in [4.69, 9.17) is 4.74 Å². The Hall–Kier alpha value is -2.74. The molecule has 156 valence electrons. The number of pyridine rings is 1. The van der Waals surface area contributed by atoms with Crippen molar-refractivity contribution in [2.45, 2.75) is 6.42 Å². The van der Waals surface area contributed by atoms with Crippen LogP contribution in [0.25, 0.3) is 0 Å². The van der Waals surface area contributed by atoms with E-state index < -0.39 is 0 Å². The van der Waals surface area contributed by atoms with Crippen molar-refractivity contribution >= 4 is 29.2 Å². The van der Waals surface area contributed by atoms with Gasteiger partial charge in [0.15, 0.2) is 5.82 Å². The van der Waals surface area contributed by atoms with E-state index >= 15 is 0 Å². The van der Waals surface area contributed by atoms with Gasteiger partial charge in [0, 0.05) is 19.3 Å². The summed E-state index contributed by atoms with van der Waals surface area (Å²) in [6, 6.07) is 3.55. The average Bonchev–Trinajstić information content (AvgIpc) is 3.56. The summed E-state index contributed by atoms with van der Waals surface area (Å²) in [7, 11) is 0. The summed E-state index contributed by atoms with van der Waals surface area (Å²) in [6.45, 7) is 2.38. The molecule has 8 heteroatoms. The fourth-order valence-electron chi connectivity index (χ4n) is 6.03. The first-order valence-corrected chi connectivity index (χ1v) is 10.7. The van der Waals surface area contributed by atoms with Crippen LogP contribution in [0.15, 0.2) is 30.5 Å². The summed E-state index contributed by atoms with van der Waals surface area (Å²) in [4.78, 5) is 46.6. The van der Waals surface area contributed by atoms with Crippen molar-refractivity contribution in [2.24, 2.45) is 35.5 Å². The number of rotatable bonds is 4. The molecule has 7 rings (SSSR count). The van der Waals surface area contributed by atoms with E-state index in [1.54, 1.807) is 18.3 Å². The highest BCUT2D eigenvalue weighted by atomic mass is 16.5. The monoisotopic (exact) mass is 408 g/mol. The fraction of sp³-hybridized carbons (Fsp3) is 0.545. The number of carbonyl (C=O) groups is 3. The number of amides is 3. The van der Waals surface area contributed by atoms with Crippen LogP contribution in [-0.2, 0) is 19.1 Å². The Morgan fingerprint density at radius 1 is 1.10 bits per heavy atom. The summed E-state index contributed by atoms with van der Waals surface area (Å²) in [6.07, 6.45) is 7.09. The molecule has 8 nitrogen and oxygen atoms in total. The fourth-order valence-corrected chi connectivity index (χ4v) is 6.03. The maximum absolute atomic E-state index is 13.1. The molecule has 2 aliphatic heterocycles. The molecular weight excluding hydrogens is 384 g/mol. The molecule has 30 heavy (non-hydrogen) atoms. The van der Waals surface area contributed by atoms with E-state index in [0.717, 1.165) is 6.42 Å². The van der Waals surface area contributed by atoms with Gasteiger partial charge >= 0.3 is 0 Å². The van der Waals surface area contributed by atoms with Crippen molar-refractivity contribution in [3.8, 4) is 0 Å². The van der Waals surface area contributed by atoms with Crippen molar-refractivity contribution in [1.29, 1.82) is 0 Å². The van der Waals surface area contributed by atoms with E-state index in [1.165, 1.54) is 4.90 Å². The number of carbonyl (C=O) groups excluding carboxylic acids is 3. The third-order valence-electron chi connectivity index (χ3n) is 7.43. The number of anilines is 2. The zero-order valence-electron chi connectivity index (χ0n) is 16.6. The van der Waals surface area contributed by atoms with Gasteiger partial charge in [-0.05, 0) is 42.2 Å². The Morgan fingerprint density at radius 2 is 1.77 bits per heavy atom. The lowest BCUT2D eigenvalue weighted by Gasteiger charge is -2.37. The van der Waals surface area contributed by atoms with E-state index in [1.807, 2.05) is 0 Å². The number of aromatic nitrogens is 1. The smallest absolute Gasteiger partial charge is 0.244 e. The highest BCUT2D eigenvalue weighted by Gasteiger charge is 2.67. The number of nitrogens with one attached hydrogen (secondary N) is 1. The van der Waals surface area contributed by atoms with Gasteiger partial charge in [0.05, 0.1) is 30.7 Å². The molecule has 2 saturated heterocycles. The Morgan fingerprint density at radius 3 is 2.43 bits per heavy atom. The molecule has 0 aromatic carbocycles. The Balaban J connectivity index is 1.18. The van der Waals surface area contributed by atoms with Gasteiger partial charge in [0.25, 0.3) is 0 Å². The molecule has 3 heterocycles. The molecule has 2 saturated carbocycles. The number of imide groups is 1. The van der Waals surface area contributed by atoms with E-state index in [-0.39, 0.29) is 47.9 Å². The molecule has 1 aromatic rings. The minimum absolute atomic E-state index is 0.167. The summed E-state index contributed by atoms with van der Waals surface area (Å²) in [5, 5.41) is 2.87. The third kappa shape index (κ3) is 2.62. The number of morpholine rings is 1. The lowest BCUT2D eigenvalue weighted by atomic mass is 9.63. The zero-order valence-corrected chi connectivity index (χ0v) is 16.6. The maximum Gasteiger partial charge on any atom is 0.244 e. The normalized spacial score (nSPS) is 36.0. The third-order valence-corrected chi connectivity index (χ3v) is 7.43. The van der Waals surface area contributed by atoms with Crippen LogP contribution in [0.1, 0.15) is 6.42 Å². The van der Waals surface area contributed by atoms with Gasteiger partial charge in [-0.25, -0.2) is 4.98 Å². The van der Waals surface area contributed by atoms with Gasteiger partial charge in [0.1, 0.15) is 6.54 Å². The first-order chi connectivity index (χ1) is 14.6. The number of nitrogens with zero attached hydrogens (tertiary/aromatic N) is 3. The van der Waals surface area contributed by atoms with Crippen molar-refractivity contribution in [3.05, 3.63) is 30.5 Å². The summed E-state index contributed by atoms with van der Waals surface area (Å²) in [5.74, 6) is 0.858. The molecule has 1 aromatic heterocycles. The minimum Gasteiger partial charge on any atom is -0.378 e. The van der Waals surface area contributed by atoms with Gasteiger partial charge in [-0.15, -0.1) is 0 Å². The maximum atomic E-state index is 13.1. The molecule has 6 atom stereocenters. The van der Waals surface area contributed by atoms with Gasteiger partial charge < -0.3 is 15.0 Å². The molecule has 4 aliphatic carbocycles. The molecule has 0 radical (unpaired) electrons. The van der Waals surface area contributed by atoms with Crippen molar-refractivity contribution in [2.75, 3.05) is 43.1 Å². The van der Waals surface area contributed by atoms with E-state index in [9.17, 15) is 14.4 Å². The highest BCUT2D eigenvalue weighted by Crippen LogP contribution is 2.65. The average molecular weight is 408 g/mol. The van der Waals surface area contributed by atoms with Gasteiger partial charge in [-0.3, -0.25) is 19.3 Å². The largest absolute Gasteiger partial charge is 0.378 e. The molecule has 1 N–H and O–H groups in total. The SMILES string of the molecule is O=C(CN1C(=O)[C@H]2[C@@H]3C=C[C@H]([C@H]4C[C@H]34)[C@@H]2C1=O)Nc1cccnc1N1CCOCC1. The van der Waals surface area contributed by atoms with Gasteiger partial charge in [-0.2, -0.15) is 0 Å². The standard InChI is InChI=1S/C22H24N4O4/c27-17(24-16-2-1-5-23-20(16)25-6-8-30-9-7-25)11-26-21(28)18-12-3-4-13(15-10-14(12)15)19(18)22(26)29/h1-5,12-15,18-19H,6-11H2,(H,24,27)/t12-,13-,14-,15-,18+,19+/m1/s1. The van der Waals surface area contributed by atoms with Crippen molar-refractivity contribution < 1.29 is 19.1 Å². The Kier molecular flexibility index (Phi) is 3.99. The minimum atomic E-state index is -0.372. The predicted molar refractivity (Wildman–Crippen MR) is 107 cm³/mol. The van der Waals surface area contributed by atoms with Crippen molar-refractivity contribution in [3.63, 3.8) is 0 Å². The number of hydrogen-bond acceptors (Lipinski definition) is 6. The molecule has 0 unspecified atom stereocenters. The summed E-state index contributed by atoms with van der Waals surface area (Å²) >= 11 is 0. The molecule has 4 fully saturated rings. The van der Waals surface area contributed by atoms with Crippen LogP contribution in [0.4, 0.5) is 11.5 Å². The first kappa shape index (κ1) is 18.1. The van der Waals surface area contributed by atoms with Crippen LogP contribution in [-0.4, -0.2) is 60.5 Å². The summed E-state index contributed by atoms with van der Waals surface area (Å²) in [5.41, 5.74) is 0.587. The van der Waals surface area contributed by atoms with Crippen LogP contribution in [0, 0.1) is 35.5 Å². The second-order valence-electron chi connectivity index (χ2n) is 8.94. The van der Waals surface area contributed by atoms with Gasteiger partial charge in [-0.1, -0.05) is 12.2 Å². The molecule has 2 bridgehead atoms. The highest BCUT2D eigenvalue weighted by molar-refractivity contribution is 6.09. The Labute approximate surface area is 174 Å². The van der Waals surface area contributed by atoms with Crippen LogP contribution in [0.5, 0.6) is 0 Å². The van der Waals surface area contributed by atoms with Crippen molar-refractivity contribution in [1.82, 2.24) is 9.88 Å². The second kappa shape index (κ2) is 6.63. The number of likely N-dealkylation sites (tertiary alicyclic amines) is 1. The second-order valence-corrected chi connectivity index (χ2v) is 8.94. The quantitative estimate of drug-likeness (QED) is 0.588. The first-order valence-electron chi connectivity index (χ1n) is 10.7. The number of allylic oxidation sites excluding steroid dienone is 2. The number of hydrogen-bond donors (Lipinski definition) is 1. The van der Waals surface area contributed by atoms with Crippen LogP contribution in [0.3, 0.4) is 0 Å². The molecular formula is C22H24N4O4. The molecule has 6 aliphatic rings. The van der Waals surface area contributed by atoms with Crippen LogP contribution in [0.2, 0.25) is 0 Å².